The Kier molecular flexibility index (Phi) is 9.32. The number of hydrogen-bond acceptors (Lipinski definition) is 2. The zero-order valence-corrected chi connectivity index (χ0v) is 37.5. The van der Waals surface area contributed by atoms with Gasteiger partial charge in [0.1, 0.15) is 0 Å². The summed E-state index contributed by atoms with van der Waals surface area (Å²) >= 11 is 2.01. The zero-order chi connectivity index (χ0) is 43.0. The van der Waals surface area contributed by atoms with Gasteiger partial charge in [-0.3, -0.25) is 0 Å². The summed E-state index contributed by atoms with van der Waals surface area (Å²) in [5.41, 5.74) is 20.8. The van der Waals surface area contributed by atoms with Crippen molar-refractivity contribution in [1.82, 2.24) is 0 Å². The smallest absolute Gasteiger partial charge is 0.0467 e. The second-order valence-electron chi connectivity index (χ2n) is 18.9. The average molecular weight is 842 g/mol. The molecule has 8 aromatic rings. The van der Waals surface area contributed by atoms with E-state index in [1.807, 2.05) is 11.8 Å². The van der Waals surface area contributed by atoms with Crippen molar-refractivity contribution in [3.8, 4) is 33.4 Å². The number of nitrogens with zero attached hydrogens (tertiary/aromatic N) is 1. The minimum atomic E-state index is -0.282. The predicted octanol–water partition coefficient (Wildman–Crippen LogP) is 16.1. The third-order valence-corrected chi connectivity index (χ3v) is 16.4. The average Bonchev–Trinajstić information content (AvgIpc) is 3.50. The first kappa shape index (κ1) is 39.0. The van der Waals surface area contributed by atoms with Crippen LogP contribution in [-0.4, -0.2) is 5.25 Å². The molecule has 0 saturated carbocycles. The van der Waals surface area contributed by atoms with Gasteiger partial charge in [-0.25, -0.2) is 0 Å². The van der Waals surface area contributed by atoms with Gasteiger partial charge in [0.2, 0.25) is 0 Å². The van der Waals surface area contributed by atoms with Crippen molar-refractivity contribution in [2.45, 2.75) is 60.5 Å². The minimum absolute atomic E-state index is 0.0367. The Morgan fingerprint density at radius 2 is 1.16 bits per heavy atom. The monoisotopic (exact) mass is 841 g/mol. The number of thioether (sulfide) groups is 1. The van der Waals surface area contributed by atoms with Crippen molar-refractivity contribution in [3.63, 3.8) is 0 Å². The number of aryl methyl sites for hydroxylation is 1. The first-order chi connectivity index (χ1) is 31.4. The molecule has 0 bridgehead atoms. The maximum atomic E-state index is 2.58. The van der Waals surface area contributed by atoms with E-state index in [1.165, 1.54) is 88.6 Å². The molecular formula is C62H51NS. The van der Waals surface area contributed by atoms with E-state index >= 15 is 0 Å². The van der Waals surface area contributed by atoms with Gasteiger partial charge in [-0.15, -0.1) is 11.8 Å². The van der Waals surface area contributed by atoms with Crippen LogP contribution in [0.2, 0.25) is 0 Å². The fourth-order valence-corrected chi connectivity index (χ4v) is 13.3. The van der Waals surface area contributed by atoms with Crippen LogP contribution in [0.3, 0.4) is 0 Å². The van der Waals surface area contributed by atoms with Gasteiger partial charge < -0.3 is 4.90 Å². The third kappa shape index (κ3) is 6.21. The fraction of sp³-hybridized carbons (Fsp3) is 0.161. The van der Waals surface area contributed by atoms with Crippen molar-refractivity contribution in [1.29, 1.82) is 0 Å². The van der Waals surface area contributed by atoms with Crippen LogP contribution in [0.25, 0.3) is 33.4 Å². The molecule has 0 saturated heterocycles. The van der Waals surface area contributed by atoms with Gasteiger partial charge in [-0.1, -0.05) is 184 Å². The molecule has 1 aliphatic heterocycles. The number of rotatable bonds is 6. The molecule has 2 heteroatoms. The molecule has 310 valence electrons. The molecule has 0 spiro atoms. The number of allylic oxidation sites excluding steroid dienone is 2. The van der Waals surface area contributed by atoms with E-state index in [-0.39, 0.29) is 16.7 Å². The standard InChI is InChI=1S/C62H51NS/c1-61(2)57-24-14-15-25-59(57)64-60-37-34-48(40-58(60)61)63(46-31-27-42(28-32-46)41-16-6-4-7-17-41)47-33-36-50-49(43-18-8-5-9-19-43)35-29-44-26-30-45(38-53(44)54(50)39-47)62(3)55-22-12-10-20-51(55)52-21-11-13-23-56(52)62/h4-28,30-34,36-40,49,58,60H,29,35H2,1-3H3. The van der Waals surface area contributed by atoms with E-state index in [9.17, 15) is 0 Å². The number of anilines is 2. The van der Waals surface area contributed by atoms with Crippen molar-refractivity contribution in [2.24, 2.45) is 5.92 Å². The summed E-state index contributed by atoms with van der Waals surface area (Å²) in [5, 5.41) is 0.368. The van der Waals surface area contributed by atoms with Crippen LogP contribution in [0.4, 0.5) is 11.4 Å². The molecule has 1 heterocycles. The van der Waals surface area contributed by atoms with E-state index in [1.54, 1.807) is 0 Å². The topological polar surface area (TPSA) is 3.24 Å². The van der Waals surface area contributed by atoms with Gasteiger partial charge in [-0.2, -0.15) is 0 Å². The molecule has 3 unspecified atom stereocenters. The normalized spacial score (nSPS) is 19.4. The van der Waals surface area contributed by atoms with Gasteiger partial charge >= 0.3 is 0 Å². The van der Waals surface area contributed by atoms with Crippen molar-refractivity contribution >= 4 is 23.1 Å². The van der Waals surface area contributed by atoms with Crippen molar-refractivity contribution < 1.29 is 0 Å². The van der Waals surface area contributed by atoms with Crippen molar-refractivity contribution in [2.75, 3.05) is 4.90 Å². The van der Waals surface area contributed by atoms with E-state index < -0.39 is 0 Å². The second-order valence-corrected chi connectivity index (χ2v) is 20.1. The van der Waals surface area contributed by atoms with Crippen LogP contribution in [-0.2, 0) is 17.3 Å². The van der Waals surface area contributed by atoms with Gasteiger partial charge in [0.15, 0.2) is 0 Å². The Bertz CT molecular complexity index is 3090. The maximum Gasteiger partial charge on any atom is 0.0467 e. The molecule has 0 radical (unpaired) electrons. The summed E-state index contributed by atoms with van der Waals surface area (Å²) in [6.07, 6.45) is 9.52. The van der Waals surface area contributed by atoms with Crippen LogP contribution >= 0.6 is 11.8 Å². The van der Waals surface area contributed by atoms with E-state index in [2.05, 4.69) is 238 Å². The van der Waals surface area contributed by atoms with Gasteiger partial charge in [0.25, 0.3) is 0 Å². The van der Waals surface area contributed by atoms with Gasteiger partial charge in [0.05, 0.1) is 0 Å². The lowest BCUT2D eigenvalue weighted by Gasteiger charge is -2.45. The summed E-state index contributed by atoms with van der Waals surface area (Å²) < 4.78 is 0. The first-order valence-electron chi connectivity index (χ1n) is 23.0. The molecule has 3 aliphatic carbocycles. The third-order valence-electron chi connectivity index (χ3n) is 15.1. The zero-order valence-electron chi connectivity index (χ0n) is 36.7. The molecule has 0 N–H and O–H groups in total. The highest BCUT2D eigenvalue weighted by molar-refractivity contribution is 8.00. The summed E-state index contributed by atoms with van der Waals surface area (Å²) in [4.78, 5) is 3.93. The lowest BCUT2D eigenvalue weighted by molar-refractivity contribution is 0.373. The van der Waals surface area contributed by atoms with Crippen LogP contribution in [0.1, 0.15) is 72.1 Å². The van der Waals surface area contributed by atoms with Gasteiger partial charge in [-0.05, 0) is 140 Å². The molecule has 12 rings (SSSR count). The Morgan fingerprint density at radius 1 is 0.531 bits per heavy atom. The molecule has 0 fully saturated rings. The highest BCUT2D eigenvalue weighted by Crippen LogP contribution is 2.55. The maximum absolute atomic E-state index is 2.58. The Labute approximate surface area is 382 Å². The van der Waals surface area contributed by atoms with Crippen LogP contribution in [0.15, 0.2) is 223 Å². The minimum Gasteiger partial charge on any atom is -0.311 e. The van der Waals surface area contributed by atoms with Crippen LogP contribution < -0.4 is 4.90 Å². The molecular weight excluding hydrogens is 791 g/mol. The summed E-state index contributed by atoms with van der Waals surface area (Å²) in [7, 11) is 0. The molecule has 0 amide bonds. The molecule has 8 aromatic carbocycles. The summed E-state index contributed by atoms with van der Waals surface area (Å²) in [6, 6.07) is 73.1. The van der Waals surface area contributed by atoms with Crippen molar-refractivity contribution in [3.05, 3.63) is 257 Å². The number of benzene rings is 8. The molecule has 4 aliphatic rings. The summed E-state index contributed by atoms with van der Waals surface area (Å²) in [5.74, 6) is 0.598. The molecule has 0 aromatic heterocycles. The quantitative estimate of drug-likeness (QED) is 0.164. The molecule has 64 heavy (non-hydrogen) atoms. The Hall–Kier alpha value is -6.61. The Balaban J connectivity index is 1.05. The molecule has 3 atom stereocenters. The summed E-state index contributed by atoms with van der Waals surface area (Å²) in [6.45, 7) is 7.33. The SMILES string of the molecule is CC1(c2ccc3c(c2)-c2cc(N(C4=CC5C(C=C4)Sc4ccccc4C5(C)C)c4ccc(-c5ccccc5)cc4)ccc2C(c2ccccc2)CC3)c2ccccc2-c2ccccc21. The lowest BCUT2D eigenvalue weighted by atomic mass is 9.70. The number of hydrogen-bond donors (Lipinski definition) is 0. The highest BCUT2D eigenvalue weighted by Gasteiger charge is 2.43. The highest BCUT2D eigenvalue weighted by atomic mass is 32.2. The van der Waals surface area contributed by atoms with E-state index in [4.69, 9.17) is 0 Å². The van der Waals surface area contributed by atoms with Crippen LogP contribution in [0, 0.1) is 5.92 Å². The number of fused-ring (bicyclic) bond motifs is 8. The van der Waals surface area contributed by atoms with Crippen LogP contribution in [0.5, 0.6) is 0 Å². The first-order valence-corrected chi connectivity index (χ1v) is 23.9. The van der Waals surface area contributed by atoms with E-state index in [0.717, 1.165) is 18.5 Å². The second kappa shape index (κ2) is 15.3. The molecule has 1 nitrogen and oxygen atoms in total. The lowest BCUT2D eigenvalue weighted by Crippen LogP contribution is -2.39. The predicted molar refractivity (Wildman–Crippen MR) is 270 cm³/mol. The Morgan fingerprint density at radius 3 is 1.89 bits per heavy atom. The fourth-order valence-electron chi connectivity index (χ4n) is 11.7. The van der Waals surface area contributed by atoms with Gasteiger partial charge in [0, 0.05) is 44.5 Å². The van der Waals surface area contributed by atoms with E-state index in [0.29, 0.717) is 11.2 Å². The largest absolute Gasteiger partial charge is 0.311 e.